The number of rotatable bonds is 2. The van der Waals surface area contributed by atoms with E-state index >= 15 is 0 Å². The van der Waals surface area contributed by atoms with E-state index in [2.05, 4.69) is 21.7 Å². The van der Waals surface area contributed by atoms with E-state index in [1.54, 1.807) is 12.3 Å². The van der Waals surface area contributed by atoms with Crippen molar-refractivity contribution >= 4 is 28.9 Å². The third kappa shape index (κ3) is 4.51. The molecule has 1 aromatic heterocycles. The maximum atomic E-state index is 12.1. The minimum Gasteiger partial charge on any atom is -0.487 e. The Morgan fingerprint density at radius 2 is 2.14 bits per heavy atom. The Bertz CT molecular complexity index is 963. The molecular formula is C22H25N3O4. The molecule has 29 heavy (non-hydrogen) atoms. The first-order valence-electron chi connectivity index (χ1n) is 9.68. The van der Waals surface area contributed by atoms with E-state index < -0.39 is 11.7 Å². The molecule has 0 atom stereocenters. The smallest absolute Gasteiger partial charge is 0.412 e. The lowest BCUT2D eigenvalue weighted by atomic mass is 9.97. The van der Waals surface area contributed by atoms with Crippen molar-refractivity contribution in [3.05, 3.63) is 47.7 Å². The molecule has 7 heteroatoms. The van der Waals surface area contributed by atoms with Gasteiger partial charge in [0, 0.05) is 17.4 Å². The Morgan fingerprint density at radius 3 is 2.90 bits per heavy atom. The van der Waals surface area contributed by atoms with Gasteiger partial charge in [-0.05, 0) is 62.6 Å². The first-order valence-corrected chi connectivity index (χ1v) is 9.68. The summed E-state index contributed by atoms with van der Waals surface area (Å²) in [5.74, 6) is 1.45. The molecule has 0 saturated carbocycles. The van der Waals surface area contributed by atoms with Gasteiger partial charge in [-0.2, -0.15) is 0 Å². The molecule has 0 bridgehead atoms. The normalized spacial score (nSPS) is 15.6. The molecule has 0 unspecified atom stereocenters. The Morgan fingerprint density at radius 1 is 1.28 bits per heavy atom. The van der Waals surface area contributed by atoms with E-state index in [9.17, 15) is 4.79 Å². The second-order valence-corrected chi connectivity index (χ2v) is 7.99. The van der Waals surface area contributed by atoms with Gasteiger partial charge < -0.3 is 19.5 Å². The van der Waals surface area contributed by atoms with Crippen LogP contribution in [0, 0.1) is 0 Å². The summed E-state index contributed by atoms with van der Waals surface area (Å²) < 4.78 is 16.8. The summed E-state index contributed by atoms with van der Waals surface area (Å²) in [6.45, 7) is 7.24. The number of aromatic nitrogens is 1. The number of carbonyl (C=O) groups is 1. The van der Waals surface area contributed by atoms with Gasteiger partial charge in [0.25, 0.3) is 0 Å². The van der Waals surface area contributed by atoms with E-state index in [0.717, 1.165) is 35.7 Å². The molecule has 2 aliphatic heterocycles. The van der Waals surface area contributed by atoms with Crippen LogP contribution in [-0.4, -0.2) is 29.9 Å². The second kappa shape index (κ2) is 7.75. The lowest BCUT2D eigenvalue weighted by Crippen LogP contribution is -2.27. The fraction of sp³-hybridized carbons (Fsp3) is 0.364. The quantitative estimate of drug-likeness (QED) is 0.755. The fourth-order valence-corrected chi connectivity index (χ4v) is 3.35. The number of ether oxygens (including phenoxy) is 3. The molecule has 0 aliphatic carbocycles. The Kier molecular flexibility index (Phi) is 5.15. The van der Waals surface area contributed by atoms with Gasteiger partial charge in [0.2, 0.25) is 0 Å². The average Bonchev–Trinajstić information content (AvgIpc) is 2.85. The number of benzene rings is 1. The third-order valence-electron chi connectivity index (χ3n) is 4.62. The highest BCUT2D eigenvalue weighted by atomic mass is 16.6. The van der Waals surface area contributed by atoms with Crippen molar-refractivity contribution in [1.29, 1.82) is 0 Å². The van der Waals surface area contributed by atoms with Crippen molar-refractivity contribution in [2.24, 2.45) is 0 Å². The largest absolute Gasteiger partial charge is 0.487 e. The molecule has 3 heterocycles. The lowest BCUT2D eigenvalue weighted by molar-refractivity contribution is 0.0636. The van der Waals surface area contributed by atoms with Gasteiger partial charge in [-0.25, -0.2) is 9.78 Å². The summed E-state index contributed by atoms with van der Waals surface area (Å²) in [7, 11) is 0. The number of nitrogens with one attached hydrogen (secondary N) is 2. The highest BCUT2D eigenvalue weighted by Crippen LogP contribution is 2.38. The van der Waals surface area contributed by atoms with Crippen LogP contribution in [-0.2, 0) is 16.1 Å². The van der Waals surface area contributed by atoms with Crippen molar-refractivity contribution in [2.45, 2.75) is 39.4 Å². The number of nitrogens with zero attached hydrogens (tertiary/aromatic N) is 1. The molecule has 0 radical (unpaired) electrons. The van der Waals surface area contributed by atoms with Crippen LogP contribution < -0.4 is 15.4 Å². The summed E-state index contributed by atoms with van der Waals surface area (Å²) in [6, 6.07) is 7.45. The first kappa shape index (κ1) is 19.3. The maximum absolute atomic E-state index is 12.1. The van der Waals surface area contributed by atoms with Crippen LogP contribution in [0.3, 0.4) is 0 Å². The number of anilines is 3. The molecule has 1 aromatic carbocycles. The van der Waals surface area contributed by atoms with Crippen LogP contribution >= 0.6 is 0 Å². The minimum absolute atomic E-state index is 0.412. The van der Waals surface area contributed by atoms with Crippen LogP contribution in [0.25, 0.3) is 5.57 Å². The number of carbonyl (C=O) groups excluding carboxylic acids is 1. The topological polar surface area (TPSA) is 81.7 Å². The van der Waals surface area contributed by atoms with E-state index in [-0.39, 0.29) is 0 Å². The Balaban J connectivity index is 1.59. The van der Waals surface area contributed by atoms with E-state index in [4.69, 9.17) is 14.2 Å². The van der Waals surface area contributed by atoms with Crippen molar-refractivity contribution in [2.75, 3.05) is 23.8 Å². The SMILES string of the molecule is CC(C)(C)OC(=O)Nc1ccc2c(c1)Nc1nccc(C3=CCOCC3)c1CO2. The van der Waals surface area contributed by atoms with Gasteiger partial charge in [-0.1, -0.05) is 6.08 Å². The van der Waals surface area contributed by atoms with Crippen molar-refractivity contribution in [1.82, 2.24) is 4.98 Å². The van der Waals surface area contributed by atoms with Gasteiger partial charge in [0.05, 0.1) is 18.9 Å². The van der Waals surface area contributed by atoms with Crippen molar-refractivity contribution in [3.63, 3.8) is 0 Å². The predicted molar refractivity (Wildman–Crippen MR) is 112 cm³/mol. The Hall–Kier alpha value is -3.06. The number of hydrogen-bond acceptors (Lipinski definition) is 6. The molecule has 0 saturated heterocycles. The van der Waals surface area contributed by atoms with Gasteiger partial charge in [-0.3, -0.25) is 5.32 Å². The second-order valence-electron chi connectivity index (χ2n) is 7.99. The standard InChI is InChI=1S/C22H25N3O4/c1-22(2,3)29-21(26)24-15-4-5-19-18(12-15)25-20-17(13-28-19)16(6-9-23-20)14-7-10-27-11-8-14/h4-7,9,12H,8,10-11,13H2,1-3H3,(H,23,25)(H,24,26). The van der Waals surface area contributed by atoms with Crippen LogP contribution in [0.15, 0.2) is 36.5 Å². The molecule has 4 rings (SSSR count). The van der Waals surface area contributed by atoms with E-state index in [1.165, 1.54) is 5.57 Å². The highest BCUT2D eigenvalue weighted by molar-refractivity contribution is 5.87. The molecule has 1 amide bonds. The lowest BCUT2D eigenvalue weighted by Gasteiger charge is -2.20. The van der Waals surface area contributed by atoms with E-state index in [1.807, 2.05) is 39.0 Å². The number of fused-ring (bicyclic) bond motifs is 2. The summed E-state index contributed by atoms with van der Waals surface area (Å²) >= 11 is 0. The summed E-state index contributed by atoms with van der Waals surface area (Å²) in [6.07, 6.45) is 4.28. The molecule has 2 aromatic rings. The highest BCUT2D eigenvalue weighted by Gasteiger charge is 2.21. The number of hydrogen-bond donors (Lipinski definition) is 2. The predicted octanol–water partition coefficient (Wildman–Crippen LogP) is 4.87. The third-order valence-corrected chi connectivity index (χ3v) is 4.62. The summed E-state index contributed by atoms with van der Waals surface area (Å²) in [4.78, 5) is 16.6. The van der Waals surface area contributed by atoms with Gasteiger partial charge in [-0.15, -0.1) is 0 Å². The zero-order chi connectivity index (χ0) is 20.4. The maximum Gasteiger partial charge on any atom is 0.412 e. The zero-order valence-corrected chi connectivity index (χ0v) is 16.9. The molecule has 0 fully saturated rings. The Labute approximate surface area is 170 Å². The van der Waals surface area contributed by atoms with Crippen molar-refractivity contribution < 1.29 is 19.0 Å². The van der Waals surface area contributed by atoms with Crippen molar-refractivity contribution in [3.8, 4) is 5.75 Å². The van der Waals surface area contributed by atoms with Crippen LogP contribution in [0.1, 0.15) is 38.3 Å². The minimum atomic E-state index is -0.560. The summed E-state index contributed by atoms with van der Waals surface area (Å²) in [5, 5.41) is 6.11. The fourth-order valence-electron chi connectivity index (χ4n) is 3.35. The molecular weight excluding hydrogens is 370 g/mol. The molecule has 7 nitrogen and oxygen atoms in total. The molecule has 2 aliphatic rings. The van der Waals surface area contributed by atoms with Crippen LogP contribution in [0.4, 0.5) is 22.0 Å². The zero-order valence-electron chi connectivity index (χ0n) is 16.9. The molecule has 2 N–H and O–H groups in total. The van der Waals surface area contributed by atoms with Crippen LogP contribution in [0.2, 0.25) is 0 Å². The monoisotopic (exact) mass is 395 g/mol. The van der Waals surface area contributed by atoms with E-state index in [0.29, 0.717) is 24.7 Å². The van der Waals surface area contributed by atoms with Crippen LogP contribution in [0.5, 0.6) is 5.75 Å². The summed E-state index contributed by atoms with van der Waals surface area (Å²) in [5.41, 5.74) is 4.18. The molecule has 152 valence electrons. The van der Waals surface area contributed by atoms with Gasteiger partial charge in [0.1, 0.15) is 23.8 Å². The number of amides is 1. The molecule has 0 spiro atoms. The first-order chi connectivity index (χ1) is 13.9. The average molecular weight is 395 g/mol. The van der Waals surface area contributed by atoms with Gasteiger partial charge in [0.15, 0.2) is 0 Å². The number of pyridine rings is 1. The van der Waals surface area contributed by atoms with Gasteiger partial charge >= 0.3 is 6.09 Å².